The van der Waals surface area contributed by atoms with Crippen molar-refractivity contribution in [2.24, 2.45) is 17.0 Å². The van der Waals surface area contributed by atoms with Gasteiger partial charge in [-0.1, -0.05) is 13.0 Å². The molecule has 170 valence electrons. The first kappa shape index (κ1) is 24.7. The number of alkyl halides is 2. The summed E-state index contributed by atoms with van der Waals surface area (Å²) in [7, 11) is -0.471. The second kappa shape index (κ2) is 10.7. The number of methoxy groups -OCH3 is 1. The number of nitrogens with zero attached hydrogens (tertiary/aromatic N) is 1. The molecule has 1 aromatic heterocycles. The lowest BCUT2D eigenvalue weighted by molar-refractivity contribution is -0.138. The Kier molecular flexibility index (Phi) is 8.52. The third-order valence-electron chi connectivity index (χ3n) is 4.98. The Morgan fingerprint density at radius 1 is 1.32 bits per heavy atom. The Balaban J connectivity index is 0.000000285. The minimum atomic E-state index is -2.82. The van der Waals surface area contributed by atoms with Crippen molar-refractivity contribution in [1.82, 2.24) is 4.98 Å². The van der Waals surface area contributed by atoms with E-state index < -0.39 is 46.3 Å². The predicted octanol–water partition coefficient (Wildman–Crippen LogP) is 4.05. The average molecular weight is 461 g/mol. The number of aromatic nitrogens is 1. The third kappa shape index (κ3) is 6.47. The number of ether oxygens (including phenoxy) is 1. The fraction of sp³-hybridized carbons (Fsp3) is 0.400. The van der Waals surface area contributed by atoms with Crippen LogP contribution in [0.1, 0.15) is 26.2 Å². The van der Waals surface area contributed by atoms with Gasteiger partial charge in [0.2, 0.25) is 11.7 Å². The van der Waals surface area contributed by atoms with Crippen molar-refractivity contribution in [1.29, 1.82) is 0 Å². The lowest BCUT2D eigenvalue weighted by atomic mass is 9.77. The van der Waals surface area contributed by atoms with Gasteiger partial charge in [-0.05, 0) is 37.1 Å². The maximum absolute atomic E-state index is 13.7. The van der Waals surface area contributed by atoms with Gasteiger partial charge in [-0.2, -0.15) is 4.39 Å². The molecular formula is C20H23F4N3O3S. The van der Waals surface area contributed by atoms with Crippen molar-refractivity contribution < 1.29 is 31.3 Å². The molecule has 0 saturated heterocycles. The Bertz CT molecular complexity index is 946. The van der Waals surface area contributed by atoms with Crippen LogP contribution in [0.5, 0.6) is 5.75 Å². The van der Waals surface area contributed by atoms with E-state index in [1.165, 1.54) is 44.5 Å². The van der Waals surface area contributed by atoms with Crippen LogP contribution in [0.2, 0.25) is 0 Å². The Hall–Kier alpha value is -2.53. The van der Waals surface area contributed by atoms with Gasteiger partial charge in [0.05, 0.1) is 7.11 Å². The van der Waals surface area contributed by atoms with Gasteiger partial charge in [0, 0.05) is 30.1 Å². The lowest BCUT2D eigenvalue weighted by Gasteiger charge is -2.34. The normalized spacial score (nSPS) is 20.7. The van der Waals surface area contributed by atoms with Crippen molar-refractivity contribution in [2.45, 2.75) is 37.1 Å². The van der Waals surface area contributed by atoms with Crippen LogP contribution in [0.4, 0.5) is 23.2 Å². The largest absolute Gasteiger partial charge is 0.494 e. The van der Waals surface area contributed by atoms with Crippen LogP contribution >= 0.6 is 0 Å². The molecule has 1 saturated carbocycles. The highest BCUT2D eigenvalue weighted by molar-refractivity contribution is 7.82. The fourth-order valence-corrected chi connectivity index (χ4v) is 3.57. The molecule has 1 amide bonds. The molecule has 0 bridgehead atoms. The standard InChI is InChI=1S/C13H17F2N3O2S.C7H6F2O/c1-8-10(3-2-5-13(8,14)15)12(19)18-9-4-6-17-11(7-9)21(16)20;1-10-6-4-2-3-5(8)7(6)9/h4,6-8,10H,2-3,5,16H2,1H3,(H,17,18,19);2-4H,1H3. The molecule has 0 spiro atoms. The molecule has 0 radical (unpaired) electrons. The van der Waals surface area contributed by atoms with E-state index in [1.54, 1.807) is 0 Å². The Morgan fingerprint density at radius 2 is 2.03 bits per heavy atom. The number of nitrogens with one attached hydrogen (secondary N) is 1. The maximum atomic E-state index is 13.7. The monoisotopic (exact) mass is 461 g/mol. The average Bonchev–Trinajstić information content (AvgIpc) is 2.72. The molecule has 3 rings (SSSR count). The molecule has 0 aliphatic heterocycles. The smallest absolute Gasteiger partial charge is 0.251 e. The highest BCUT2D eigenvalue weighted by atomic mass is 32.2. The molecule has 1 aromatic carbocycles. The van der Waals surface area contributed by atoms with Crippen LogP contribution in [-0.4, -0.2) is 28.1 Å². The highest BCUT2D eigenvalue weighted by Gasteiger charge is 2.46. The molecule has 2 aromatic rings. The fourth-order valence-electron chi connectivity index (χ4n) is 3.16. The first-order valence-corrected chi connectivity index (χ1v) is 10.6. The van der Waals surface area contributed by atoms with Crippen LogP contribution in [0.25, 0.3) is 0 Å². The summed E-state index contributed by atoms with van der Waals surface area (Å²) in [5.41, 5.74) is 0.352. The van der Waals surface area contributed by atoms with E-state index >= 15 is 0 Å². The highest BCUT2D eigenvalue weighted by Crippen LogP contribution is 2.42. The van der Waals surface area contributed by atoms with Crippen LogP contribution in [0.15, 0.2) is 41.6 Å². The molecule has 1 fully saturated rings. The summed E-state index contributed by atoms with van der Waals surface area (Å²) in [6.45, 7) is 1.40. The van der Waals surface area contributed by atoms with Gasteiger partial charge in [0.1, 0.15) is 16.0 Å². The van der Waals surface area contributed by atoms with Gasteiger partial charge in [0.25, 0.3) is 5.92 Å². The number of halogens is 4. The zero-order chi connectivity index (χ0) is 23.2. The number of anilines is 1. The van der Waals surface area contributed by atoms with E-state index in [0.29, 0.717) is 18.5 Å². The topological polar surface area (TPSA) is 94.3 Å². The maximum Gasteiger partial charge on any atom is 0.251 e. The first-order chi connectivity index (χ1) is 14.6. The van der Waals surface area contributed by atoms with Gasteiger partial charge in [-0.25, -0.2) is 27.5 Å². The van der Waals surface area contributed by atoms with E-state index in [4.69, 9.17) is 5.14 Å². The Morgan fingerprint density at radius 3 is 2.65 bits per heavy atom. The number of benzene rings is 1. The number of hydrogen-bond donors (Lipinski definition) is 2. The van der Waals surface area contributed by atoms with Crippen molar-refractivity contribution >= 4 is 22.6 Å². The summed E-state index contributed by atoms with van der Waals surface area (Å²) >= 11 is 0. The third-order valence-corrected chi connectivity index (χ3v) is 5.61. The number of nitrogens with two attached hydrogens (primary N) is 1. The van der Waals surface area contributed by atoms with Crippen molar-refractivity contribution in [3.63, 3.8) is 0 Å². The van der Waals surface area contributed by atoms with E-state index in [-0.39, 0.29) is 17.2 Å². The van der Waals surface area contributed by atoms with Gasteiger partial charge < -0.3 is 10.1 Å². The van der Waals surface area contributed by atoms with Crippen molar-refractivity contribution in [3.05, 3.63) is 48.2 Å². The molecule has 11 heteroatoms. The second-order valence-corrected chi connectivity index (χ2v) is 7.99. The second-order valence-electron chi connectivity index (χ2n) is 6.97. The molecule has 6 nitrogen and oxygen atoms in total. The molecule has 1 aliphatic carbocycles. The molecule has 1 heterocycles. The summed E-state index contributed by atoms with van der Waals surface area (Å²) in [5.74, 6) is -6.92. The van der Waals surface area contributed by atoms with Crippen LogP contribution in [-0.2, 0) is 15.8 Å². The van der Waals surface area contributed by atoms with E-state index in [0.717, 1.165) is 6.07 Å². The van der Waals surface area contributed by atoms with Gasteiger partial charge in [-0.3, -0.25) is 4.79 Å². The number of hydrogen-bond acceptors (Lipinski definition) is 4. The lowest BCUT2D eigenvalue weighted by Crippen LogP contribution is -2.41. The molecular weight excluding hydrogens is 438 g/mol. The summed E-state index contributed by atoms with van der Waals surface area (Å²) in [5, 5.41) is 7.90. The number of pyridine rings is 1. The van der Waals surface area contributed by atoms with E-state index in [9.17, 15) is 26.6 Å². The van der Waals surface area contributed by atoms with Crippen molar-refractivity contribution in [3.8, 4) is 5.75 Å². The number of rotatable bonds is 4. The number of carbonyl (C=O) groups excluding carboxylic acids is 1. The van der Waals surface area contributed by atoms with Crippen molar-refractivity contribution in [2.75, 3.05) is 12.4 Å². The molecule has 3 unspecified atom stereocenters. The van der Waals surface area contributed by atoms with Gasteiger partial charge in [-0.15, -0.1) is 0 Å². The summed E-state index contributed by atoms with van der Waals surface area (Å²) in [4.78, 5) is 16.0. The predicted molar refractivity (Wildman–Crippen MR) is 108 cm³/mol. The van der Waals surface area contributed by atoms with Crippen LogP contribution in [0, 0.1) is 23.5 Å². The Labute approximate surface area is 179 Å². The summed E-state index contributed by atoms with van der Waals surface area (Å²) in [6, 6.07) is 6.66. The zero-order valence-corrected chi connectivity index (χ0v) is 17.7. The minimum Gasteiger partial charge on any atom is -0.494 e. The number of amides is 1. The SMILES string of the molecule is CC1C(C(=O)Nc2ccnc(S(N)=O)c2)CCCC1(F)F.COc1cccc(F)c1F. The molecule has 31 heavy (non-hydrogen) atoms. The van der Waals surface area contributed by atoms with E-state index in [1.807, 2.05) is 0 Å². The first-order valence-electron chi connectivity index (χ1n) is 9.35. The molecule has 3 N–H and O–H groups in total. The van der Waals surface area contributed by atoms with Crippen LogP contribution in [0.3, 0.4) is 0 Å². The number of carbonyl (C=O) groups is 1. The summed E-state index contributed by atoms with van der Waals surface area (Å²) < 4.78 is 67.8. The van der Waals surface area contributed by atoms with Crippen LogP contribution < -0.4 is 15.2 Å². The minimum absolute atomic E-state index is 0.0694. The van der Waals surface area contributed by atoms with E-state index in [2.05, 4.69) is 15.0 Å². The summed E-state index contributed by atoms with van der Waals surface area (Å²) in [6.07, 6.45) is 1.94. The molecule has 1 aliphatic rings. The molecule has 3 atom stereocenters. The van der Waals surface area contributed by atoms with Gasteiger partial charge in [0.15, 0.2) is 11.6 Å². The quantitative estimate of drug-likeness (QED) is 0.672. The van der Waals surface area contributed by atoms with Gasteiger partial charge >= 0.3 is 0 Å². The zero-order valence-electron chi connectivity index (χ0n) is 16.9.